The number of nitrogens with zero attached hydrogens (tertiary/aromatic N) is 1. The Morgan fingerprint density at radius 3 is 2.95 bits per heavy atom. The maximum Gasteiger partial charge on any atom is 0.258 e. The lowest BCUT2D eigenvalue weighted by molar-refractivity contribution is 0.325. The summed E-state index contributed by atoms with van der Waals surface area (Å²) >= 11 is 0. The van der Waals surface area contributed by atoms with Crippen LogP contribution in [0.3, 0.4) is 0 Å². The quantitative estimate of drug-likeness (QED) is 0.882. The first-order valence-corrected chi connectivity index (χ1v) is 7.30. The van der Waals surface area contributed by atoms with Crippen molar-refractivity contribution >= 4 is 10.0 Å². The van der Waals surface area contributed by atoms with Gasteiger partial charge in [0, 0.05) is 5.56 Å². The molecule has 6 nitrogen and oxygen atoms in total. The van der Waals surface area contributed by atoms with Crippen molar-refractivity contribution in [2.75, 3.05) is 6.61 Å². The molecule has 0 saturated carbocycles. The molecule has 0 amide bonds. The van der Waals surface area contributed by atoms with Gasteiger partial charge in [0.05, 0.1) is 12.2 Å². The summed E-state index contributed by atoms with van der Waals surface area (Å²) in [5.41, 5.74) is 0.849. The number of ether oxygens (including phenoxy) is 1. The topological polar surface area (TPSA) is 84.1 Å². The highest BCUT2D eigenvalue weighted by Crippen LogP contribution is 2.32. The Labute approximate surface area is 110 Å². The summed E-state index contributed by atoms with van der Waals surface area (Å²) in [6.07, 6.45) is 1.30. The van der Waals surface area contributed by atoms with Gasteiger partial charge in [0.25, 0.3) is 10.0 Å². The van der Waals surface area contributed by atoms with E-state index in [4.69, 9.17) is 4.74 Å². The van der Waals surface area contributed by atoms with Crippen LogP contribution in [-0.2, 0) is 10.0 Å². The van der Waals surface area contributed by atoms with Crippen LogP contribution < -0.4 is 9.46 Å². The van der Waals surface area contributed by atoms with E-state index in [-0.39, 0.29) is 11.1 Å². The van der Waals surface area contributed by atoms with Crippen molar-refractivity contribution in [3.8, 4) is 5.75 Å². The lowest BCUT2D eigenvalue weighted by atomic mass is 10.1. The molecular weight excluding hydrogens is 266 g/mol. The van der Waals surface area contributed by atoms with Crippen LogP contribution in [0.4, 0.5) is 0 Å². The zero-order chi connectivity index (χ0) is 13.5. The molecule has 2 N–H and O–H groups in total. The van der Waals surface area contributed by atoms with Gasteiger partial charge in [-0.05, 0) is 13.0 Å². The Morgan fingerprint density at radius 2 is 2.21 bits per heavy atom. The number of hydrogen-bond acceptors (Lipinski definition) is 4. The van der Waals surface area contributed by atoms with Crippen LogP contribution in [0.2, 0.25) is 0 Å². The fourth-order valence-corrected chi connectivity index (χ4v) is 3.22. The van der Waals surface area contributed by atoms with Crippen molar-refractivity contribution in [2.45, 2.75) is 18.0 Å². The maximum atomic E-state index is 12.2. The van der Waals surface area contributed by atoms with E-state index in [0.29, 0.717) is 12.4 Å². The second-order valence-electron chi connectivity index (χ2n) is 4.36. The molecule has 0 radical (unpaired) electrons. The highest BCUT2D eigenvalue weighted by atomic mass is 32.2. The van der Waals surface area contributed by atoms with E-state index >= 15 is 0 Å². The summed E-state index contributed by atoms with van der Waals surface area (Å²) in [5.74, 6) is 1.28. The molecule has 1 aromatic heterocycles. The second kappa shape index (κ2) is 4.36. The molecule has 3 rings (SSSR count). The SMILES string of the molecule is Cc1ncc(S(=O)(=O)NC2COc3ccccc32)[nH]1. The highest BCUT2D eigenvalue weighted by molar-refractivity contribution is 7.89. The van der Waals surface area contributed by atoms with Crippen molar-refractivity contribution in [1.29, 1.82) is 0 Å². The molecule has 0 fully saturated rings. The standard InChI is InChI=1S/C12H13N3O3S/c1-8-13-6-12(14-8)19(16,17)15-10-7-18-11-5-3-2-4-9(10)11/h2-6,10,15H,7H2,1H3,(H,13,14). The van der Waals surface area contributed by atoms with Crippen molar-refractivity contribution in [3.63, 3.8) is 0 Å². The Hall–Kier alpha value is -1.86. The fourth-order valence-electron chi connectivity index (χ4n) is 2.05. The molecule has 100 valence electrons. The van der Waals surface area contributed by atoms with Crippen LogP contribution in [0.5, 0.6) is 5.75 Å². The molecule has 1 aromatic carbocycles. The van der Waals surface area contributed by atoms with Gasteiger partial charge >= 0.3 is 0 Å². The highest BCUT2D eigenvalue weighted by Gasteiger charge is 2.29. The van der Waals surface area contributed by atoms with Crippen molar-refractivity contribution in [2.24, 2.45) is 0 Å². The average molecular weight is 279 g/mol. The van der Waals surface area contributed by atoms with Crippen molar-refractivity contribution in [1.82, 2.24) is 14.7 Å². The van der Waals surface area contributed by atoms with E-state index in [1.807, 2.05) is 24.3 Å². The molecular formula is C12H13N3O3S. The fraction of sp³-hybridized carbons (Fsp3) is 0.250. The number of fused-ring (bicyclic) bond motifs is 1. The predicted octanol–water partition coefficient (Wildman–Crippen LogP) is 1.13. The average Bonchev–Trinajstić information content (AvgIpc) is 2.97. The van der Waals surface area contributed by atoms with Gasteiger partial charge in [-0.2, -0.15) is 4.72 Å². The summed E-state index contributed by atoms with van der Waals surface area (Å²) < 4.78 is 32.4. The van der Waals surface area contributed by atoms with E-state index in [2.05, 4.69) is 14.7 Å². The molecule has 0 bridgehead atoms. The molecule has 1 atom stereocenters. The van der Waals surface area contributed by atoms with Crippen LogP contribution in [0.1, 0.15) is 17.4 Å². The van der Waals surface area contributed by atoms with E-state index in [0.717, 1.165) is 11.3 Å². The van der Waals surface area contributed by atoms with Gasteiger partial charge in [-0.1, -0.05) is 18.2 Å². The molecule has 0 spiro atoms. The third kappa shape index (κ3) is 2.22. The molecule has 2 aromatic rings. The molecule has 19 heavy (non-hydrogen) atoms. The number of sulfonamides is 1. The Bertz CT molecular complexity index is 709. The summed E-state index contributed by atoms with van der Waals surface area (Å²) in [5, 5.41) is 0.0642. The van der Waals surface area contributed by atoms with E-state index < -0.39 is 10.0 Å². The minimum Gasteiger partial charge on any atom is -0.491 e. The van der Waals surface area contributed by atoms with Gasteiger partial charge in [0.1, 0.15) is 18.2 Å². The number of hydrogen-bond donors (Lipinski definition) is 2. The van der Waals surface area contributed by atoms with Gasteiger partial charge in [-0.3, -0.25) is 0 Å². The number of para-hydroxylation sites is 1. The third-order valence-corrected chi connectivity index (χ3v) is 4.35. The van der Waals surface area contributed by atoms with E-state index in [1.165, 1.54) is 6.20 Å². The lowest BCUT2D eigenvalue weighted by Crippen LogP contribution is -2.29. The number of benzene rings is 1. The van der Waals surface area contributed by atoms with Gasteiger partial charge in [-0.25, -0.2) is 13.4 Å². The molecule has 2 heterocycles. The van der Waals surface area contributed by atoms with Crippen LogP contribution >= 0.6 is 0 Å². The van der Waals surface area contributed by atoms with E-state index in [9.17, 15) is 8.42 Å². The molecule has 1 aliphatic heterocycles. The Morgan fingerprint density at radius 1 is 1.42 bits per heavy atom. The third-order valence-electron chi connectivity index (χ3n) is 2.97. The normalized spacial score (nSPS) is 18.1. The Balaban J connectivity index is 1.87. The van der Waals surface area contributed by atoms with Crippen LogP contribution in [0.15, 0.2) is 35.5 Å². The Kier molecular flexibility index (Phi) is 2.79. The number of rotatable bonds is 3. The number of H-pyrrole nitrogens is 1. The minimum absolute atomic E-state index is 0.0642. The smallest absolute Gasteiger partial charge is 0.258 e. The van der Waals surface area contributed by atoms with Gasteiger partial charge in [0.15, 0.2) is 5.03 Å². The van der Waals surface area contributed by atoms with Crippen molar-refractivity contribution in [3.05, 3.63) is 41.9 Å². The minimum atomic E-state index is -3.61. The first-order valence-electron chi connectivity index (χ1n) is 5.82. The van der Waals surface area contributed by atoms with Gasteiger partial charge in [-0.15, -0.1) is 0 Å². The molecule has 1 aliphatic rings. The number of imidazole rings is 1. The first kappa shape index (κ1) is 12.2. The summed E-state index contributed by atoms with van der Waals surface area (Å²) in [6, 6.07) is 7.02. The summed E-state index contributed by atoms with van der Waals surface area (Å²) in [6.45, 7) is 2.00. The maximum absolute atomic E-state index is 12.2. The van der Waals surface area contributed by atoms with Gasteiger partial charge in [0.2, 0.25) is 0 Å². The number of aryl methyl sites for hydroxylation is 1. The molecule has 7 heteroatoms. The van der Waals surface area contributed by atoms with Crippen LogP contribution in [0.25, 0.3) is 0 Å². The van der Waals surface area contributed by atoms with E-state index in [1.54, 1.807) is 6.92 Å². The summed E-state index contributed by atoms with van der Waals surface area (Å²) in [7, 11) is -3.61. The predicted molar refractivity (Wildman–Crippen MR) is 68.3 cm³/mol. The molecule has 1 unspecified atom stereocenters. The number of aromatic nitrogens is 2. The van der Waals surface area contributed by atoms with Crippen LogP contribution in [0, 0.1) is 6.92 Å². The first-order chi connectivity index (χ1) is 9.06. The molecule has 0 aliphatic carbocycles. The second-order valence-corrected chi connectivity index (χ2v) is 6.04. The zero-order valence-corrected chi connectivity index (χ0v) is 11.1. The summed E-state index contributed by atoms with van der Waals surface area (Å²) in [4.78, 5) is 6.61. The monoisotopic (exact) mass is 279 g/mol. The van der Waals surface area contributed by atoms with Crippen LogP contribution in [-0.4, -0.2) is 25.0 Å². The zero-order valence-electron chi connectivity index (χ0n) is 10.3. The largest absolute Gasteiger partial charge is 0.491 e. The van der Waals surface area contributed by atoms with Crippen molar-refractivity contribution < 1.29 is 13.2 Å². The molecule has 0 saturated heterocycles. The number of nitrogens with one attached hydrogen (secondary N) is 2. The van der Waals surface area contributed by atoms with Gasteiger partial charge < -0.3 is 9.72 Å². The lowest BCUT2D eigenvalue weighted by Gasteiger charge is -2.10. The number of aromatic amines is 1.